The Morgan fingerprint density at radius 1 is 0.449 bits per heavy atom. The molecule has 0 aliphatic rings. The minimum absolute atomic E-state index is 0.101. The first-order valence-corrected chi connectivity index (χ1v) is 27.0. The molecule has 5 atom stereocenters. The molecule has 14 nitrogen and oxygen atoms in total. The number of carbonyl (C=O) groups excluding carboxylic acids is 3. The highest BCUT2D eigenvalue weighted by atomic mass is 127. The minimum atomic E-state index is -1.04. The maximum Gasteiger partial charge on any atom is 0.320 e. The van der Waals surface area contributed by atoms with Crippen LogP contribution < -0.4 is 5.73 Å². The summed E-state index contributed by atoms with van der Waals surface area (Å²) in [6, 6.07) is 33.6. The molecule has 428 valence electrons. The molecule has 5 rings (SSSR count). The summed E-state index contributed by atoms with van der Waals surface area (Å²) in [4.78, 5) is 56.5. The molecule has 0 bridgehead atoms. The Labute approximate surface area is 476 Å². The molecule has 78 heavy (non-hydrogen) atoms. The quantitative estimate of drug-likeness (QED) is 0.0325. The van der Waals surface area contributed by atoms with Gasteiger partial charge in [-0.1, -0.05) is 112 Å². The van der Waals surface area contributed by atoms with E-state index in [-0.39, 0.29) is 59.3 Å². The lowest BCUT2D eigenvalue weighted by Gasteiger charge is -2.22. The average Bonchev–Trinajstić information content (AvgIpc) is 3.29. The maximum atomic E-state index is 11.9. The van der Waals surface area contributed by atoms with Gasteiger partial charge in [0.15, 0.2) is 0 Å². The summed E-state index contributed by atoms with van der Waals surface area (Å²) in [6.07, 6.45) is 2.71. The Bertz CT molecular complexity index is 2540. The highest BCUT2D eigenvalue weighted by Crippen LogP contribution is 2.22. The van der Waals surface area contributed by atoms with Crippen molar-refractivity contribution < 1.29 is 63.7 Å². The third-order valence-electron chi connectivity index (χ3n) is 10.8. The number of rotatable bonds is 15. The summed E-state index contributed by atoms with van der Waals surface area (Å²) in [5.41, 5.74) is 11.4. The van der Waals surface area contributed by atoms with Gasteiger partial charge in [-0.2, -0.15) is 0 Å². The van der Waals surface area contributed by atoms with Crippen molar-refractivity contribution in [2.24, 2.45) is 29.4 Å². The third-order valence-corrected chi connectivity index (χ3v) is 11.8. The van der Waals surface area contributed by atoms with Crippen molar-refractivity contribution in [3.8, 4) is 17.2 Å². The largest absolute Gasteiger partial charge is 0.508 e. The van der Waals surface area contributed by atoms with Crippen LogP contribution in [0.25, 0.3) is 0 Å². The minimum Gasteiger partial charge on any atom is -0.508 e. The lowest BCUT2D eigenvalue weighted by Crippen LogP contribution is -2.32. The molecule has 0 fully saturated rings. The Hall–Kier alpha value is -6.46. The number of carboxylic acid groups (broad SMARTS) is 2. The van der Waals surface area contributed by atoms with Gasteiger partial charge >= 0.3 is 29.8 Å². The number of hydrogen-bond donors (Lipinski definition) is 6. The first-order chi connectivity index (χ1) is 35.9. The standard InChI is InChI=1S/C15H21IO2.C15H22O2.C14H20O3.C10H12O3.C9H11NO3/c1-10-6-7-13(16)12(8-10)9-11(2)14(17)18-15(3,4)5;1-11-7-6-8-13(9-11)10-12(2)14(16)17-15(3,4)5;1-10(13(16)17-14(2,3)4)8-11-6-5-7-12(15)9-11;1-7(10(12)13)5-8-3-2-4-9(11)6-8;10-8(9(12)13)5-6-2-1-3-7(11)4-6/h6-8,11H,9H2,1-5H3;6-9,12H,10H2,1-5H3;5-7,9-10,15H,8H2,1-4H3;2-4,6-7,11H,5H2,1H3,(H,12,13);1-4,8,11H,5,10H2,(H,12,13)/t11-;12-;10-;7-;8-/m00000/s1. The lowest BCUT2D eigenvalue weighted by atomic mass is 9.99. The van der Waals surface area contributed by atoms with E-state index in [0.29, 0.717) is 12.8 Å². The summed E-state index contributed by atoms with van der Waals surface area (Å²) in [6.45, 7) is 28.4. The predicted octanol–water partition coefficient (Wildman–Crippen LogP) is 12.5. The second kappa shape index (κ2) is 33.1. The SMILES string of the molecule is C[C@@H](Cc1cccc(O)c1)C(=O)O.C[C@@H](Cc1cccc(O)c1)C(=O)OC(C)(C)C.Cc1ccc(I)c(C[C@H](C)C(=O)OC(C)(C)C)c1.Cc1cccc(C[C@H](C)C(=O)OC(C)(C)C)c1.N[C@@H](Cc1cccc(O)c1)C(=O)O. The first-order valence-electron chi connectivity index (χ1n) is 26.0. The molecule has 0 heterocycles. The maximum absolute atomic E-state index is 11.9. The van der Waals surface area contributed by atoms with Crippen molar-refractivity contribution in [1.29, 1.82) is 0 Å². The van der Waals surface area contributed by atoms with Gasteiger partial charge in [0.2, 0.25) is 0 Å². The van der Waals surface area contributed by atoms with E-state index in [9.17, 15) is 29.1 Å². The number of aromatic hydroxyl groups is 3. The number of aliphatic carboxylic acids is 2. The molecule has 0 aromatic heterocycles. The van der Waals surface area contributed by atoms with Crippen molar-refractivity contribution in [2.75, 3.05) is 0 Å². The number of hydrogen-bond acceptors (Lipinski definition) is 12. The van der Waals surface area contributed by atoms with Crippen LogP contribution in [0.2, 0.25) is 0 Å². The number of halogens is 1. The van der Waals surface area contributed by atoms with Gasteiger partial charge in [0.25, 0.3) is 0 Å². The number of benzene rings is 5. The van der Waals surface area contributed by atoms with E-state index in [2.05, 4.69) is 66.8 Å². The van der Waals surface area contributed by atoms with Gasteiger partial charge in [0, 0.05) is 3.57 Å². The van der Waals surface area contributed by atoms with Crippen LogP contribution in [0.5, 0.6) is 17.2 Å². The Balaban J connectivity index is 0.000000490. The Morgan fingerprint density at radius 3 is 1.10 bits per heavy atom. The fourth-order valence-electron chi connectivity index (χ4n) is 7.03. The molecule has 0 saturated heterocycles. The second-order valence-electron chi connectivity index (χ2n) is 22.6. The van der Waals surface area contributed by atoms with Gasteiger partial charge in [-0.05, 0) is 201 Å². The number of esters is 3. The van der Waals surface area contributed by atoms with Crippen molar-refractivity contribution in [3.05, 3.63) is 158 Å². The molecule has 7 N–H and O–H groups in total. The van der Waals surface area contributed by atoms with Crippen LogP contribution in [0.1, 0.15) is 129 Å². The zero-order valence-corrected chi connectivity index (χ0v) is 50.5. The average molecular weight is 1190 g/mol. The van der Waals surface area contributed by atoms with Crippen molar-refractivity contribution >= 4 is 52.4 Å². The molecule has 0 radical (unpaired) electrons. The van der Waals surface area contributed by atoms with Crippen LogP contribution in [0.4, 0.5) is 0 Å². The second-order valence-corrected chi connectivity index (χ2v) is 23.8. The van der Waals surface area contributed by atoms with E-state index in [1.165, 1.54) is 38.0 Å². The van der Waals surface area contributed by atoms with Crippen molar-refractivity contribution in [2.45, 2.75) is 159 Å². The van der Waals surface area contributed by atoms with E-state index in [0.717, 1.165) is 29.5 Å². The highest BCUT2D eigenvalue weighted by Gasteiger charge is 2.24. The first kappa shape index (κ1) is 69.6. The number of aryl methyl sites for hydroxylation is 2. The molecule has 0 aliphatic carbocycles. The molecule has 5 aromatic carbocycles. The fraction of sp³-hybridized carbons (Fsp3) is 0.444. The van der Waals surface area contributed by atoms with Gasteiger partial charge < -0.3 is 45.5 Å². The van der Waals surface area contributed by atoms with Crippen LogP contribution in [-0.2, 0) is 70.3 Å². The van der Waals surface area contributed by atoms with Crippen molar-refractivity contribution in [1.82, 2.24) is 0 Å². The van der Waals surface area contributed by atoms with Crippen LogP contribution in [-0.4, -0.2) is 78.2 Å². The molecule has 0 unspecified atom stereocenters. The lowest BCUT2D eigenvalue weighted by molar-refractivity contribution is -0.160. The monoisotopic (exact) mass is 1190 g/mol. The smallest absolute Gasteiger partial charge is 0.320 e. The summed E-state index contributed by atoms with van der Waals surface area (Å²) < 4.78 is 17.3. The summed E-state index contributed by atoms with van der Waals surface area (Å²) in [7, 11) is 0. The molecule has 15 heteroatoms. The summed E-state index contributed by atoms with van der Waals surface area (Å²) in [5, 5.41) is 44.7. The normalized spacial score (nSPS) is 12.9. The molecule has 0 spiro atoms. The molecule has 0 aliphatic heterocycles. The topological polar surface area (TPSA) is 240 Å². The number of nitrogens with two attached hydrogens (primary N) is 1. The van der Waals surface area contributed by atoms with Crippen molar-refractivity contribution in [3.63, 3.8) is 0 Å². The van der Waals surface area contributed by atoms with Crippen LogP contribution in [0.15, 0.2) is 115 Å². The number of carbonyl (C=O) groups is 5. The van der Waals surface area contributed by atoms with E-state index < -0.39 is 40.7 Å². The number of phenols is 3. The number of ether oxygens (including phenoxy) is 3. The molecular weight excluding hydrogens is 1110 g/mol. The zero-order chi connectivity index (χ0) is 59.7. The van der Waals surface area contributed by atoms with Gasteiger partial charge in [-0.3, -0.25) is 24.0 Å². The van der Waals surface area contributed by atoms with Crippen LogP contribution in [0, 0.1) is 41.1 Å². The van der Waals surface area contributed by atoms with Gasteiger partial charge in [-0.15, -0.1) is 0 Å². The van der Waals surface area contributed by atoms with E-state index in [1.807, 2.05) is 101 Å². The predicted molar refractivity (Wildman–Crippen MR) is 315 cm³/mol. The summed E-state index contributed by atoms with van der Waals surface area (Å²) in [5.74, 6) is -2.64. The molecule has 0 amide bonds. The zero-order valence-electron chi connectivity index (χ0n) is 48.3. The fourth-order valence-corrected chi connectivity index (χ4v) is 7.58. The van der Waals surface area contributed by atoms with Crippen LogP contribution >= 0.6 is 22.6 Å². The number of phenolic OH excluding ortho intramolecular Hbond substituents is 3. The van der Waals surface area contributed by atoms with Gasteiger partial charge in [-0.25, -0.2) is 0 Å². The van der Waals surface area contributed by atoms with E-state index in [1.54, 1.807) is 61.5 Å². The Kier molecular flexibility index (Phi) is 29.5. The van der Waals surface area contributed by atoms with Gasteiger partial charge in [0.1, 0.15) is 40.1 Å². The number of carboxylic acids is 2. The van der Waals surface area contributed by atoms with Gasteiger partial charge in [0.05, 0.1) is 23.7 Å². The molecule has 5 aromatic rings. The highest BCUT2D eigenvalue weighted by molar-refractivity contribution is 14.1. The van der Waals surface area contributed by atoms with Crippen LogP contribution in [0.3, 0.4) is 0 Å². The summed E-state index contributed by atoms with van der Waals surface area (Å²) >= 11 is 2.31. The van der Waals surface area contributed by atoms with E-state index in [4.69, 9.17) is 40.4 Å². The van der Waals surface area contributed by atoms with E-state index >= 15 is 0 Å². The Morgan fingerprint density at radius 2 is 0.769 bits per heavy atom. The molecule has 0 saturated carbocycles. The third kappa shape index (κ3) is 31.7. The molecular formula is C63H86INO13.